The van der Waals surface area contributed by atoms with Crippen LogP contribution in [0.2, 0.25) is 0 Å². The number of aliphatic imine (C=N–C) groups is 2. The van der Waals surface area contributed by atoms with Gasteiger partial charge in [-0.05, 0) is 33.6 Å². The van der Waals surface area contributed by atoms with Crippen molar-refractivity contribution in [3.8, 4) is 0 Å². The lowest BCUT2D eigenvalue weighted by molar-refractivity contribution is 0.836. The number of hydrogen-bond acceptors (Lipinski definition) is 2. The lowest BCUT2D eigenvalue weighted by Crippen LogP contribution is -2.12. The minimum atomic E-state index is 0.373. The minimum absolute atomic E-state index is 0.373. The maximum Gasteiger partial charge on any atom is 0.0552 e. The molecule has 0 atom stereocenters. The highest BCUT2D eigenvalue weighted by Crippen LogP contribution is 1.96. The molecule has 0 heterocycles. The van der Waals surface area contributed by atoms with Crippen molar-refractivity contribution in [2.75, 3.05) is 6.54 Å². The van der Waals surface area contributed by atoms with Gasteiger partial charge in [0.1, 0.15) is 0 Å². The van der Waals surface area contributed by atoms with Crippen LogP contribution in [0.25, 0.3) is 0 Å². The van der Waals surface area contributed by atoms with Gasteiger partial charge in [-0.3, -0.25) is 9.98 Å². The van der Waals surface area contributed by atoms with Gasteiger partial charge in [0, 0.05) is 12.6 Å². The lowest BCUT2D eigenvalue weighted by Gasteiger charge is -2.05. The molecule has 0 fully saturated rings. The van der Waals surface area contributed by atoms with E-state index in [0.717, 1.165) is 30.8 Å². The van der Waals surface area contributed by atoms with Gasteiger partial charge in [0.2, 0.25) is 0 Å². The largest absolute Gasteiger partial charge is 0.288 e. The Morgan fingerprint density at radius 2 is 1.85 bits per heavy atom. The van der Waals surface area contributed by atoms with Crippen molar-refractivity contribution in [1.29, 1.82) is 0 Å². The summed E-state index contributed by atoms with van der Waals surface area (Å²) in [6.45, 7) is 11.4. The van der Waals surface area contributed by atoms with Gasteiger partial charge in [0.05, 0.1) is 11.4 Å². The van der Waals surface area contributed by atoms with Crippen LogP contribution >= 0.6 is 0 Å². The SMILES string of the molecule is CCCN=C(CC)C(C)=NC(C)C. The van der Waals surface area contributed by atoms with Gasteiger partial charge in [0.15, 0.2) is 0 Å². The van der Waals surface area contributed by atoms with E-state index < -0.39 is 0 Å². The van der Waals surface area contributed by atoms with Crippen molar-refractivity contribution in [3.05, 3.63) is 0 Å². The molecule has 0 aromatic rings. The van der Waals surface area contributed by atoms with Crippen molar-refractivity contribution < 1.29 is 0 Å². The predicted octanol–water partition coefficient (Wildman–Crippen LogP) is 3.12. The van der Waals surface area contributed by atoms with Crippen molar-refractivity contribution in [3.63, 3.8) is 0 Å². The van der Waals surface area contributed by atoms with E-state index in [1.807, 2.05) is 0 Å². The van der Waals surface area contributed by atoms with Crippen LogP contribution in [0.4, 0.5) is 0 Å². The third-order valence-electron chi connectivity index (χ3n) is 1.73. The van der Waals surface area contributed by atoms with Crippen molar-refractivity contribution in [1.82, 2.24) is 0 Å². The van der Waals surface area contributed by atoms with Crippen LogP contribution in [0, 0.1) is 0 Å². The van der Waals surface area contributed by atoms with E-state index >= 15 is 0 Å². The Morgan fingerprint density at radius 3 is 2.23 bits per heavy atom. The number of nitrogens with zero attached hydrogens (tertiary/aromatic N) is 2. The van der Waals surface area contributed by atoms with Crippen LogP contribution in [-0.2, 0) is 0 Å². The lowest BCUT2D eigenvalue weighted by atomic mass is 10.2. The van der Waals surface area contributed by atoms with Crippen LogP contribution in [0.5, 0.6) is 0 Å². The third-order valence-corrected chi connectivity index (χ3v) is 1.73. The van der Waals surface area contributed by atoms with E-state index in [4.69, 9.17) is 0 Å². The quantitative estimate of drug-likeness (QED) is 0.584. The summed E-state index contributed by atoms with van der Waals surface area (Å²) in [5.41, 5.74) is 2.27. The van der Waals surface area contributed by atoms with Crippen LogP contribution in [0.1, 0.15) is 47.5 Å². The average molecular weight is 182 g/mol. The maximum atomic E-state index is 4.50. The van der Waals surface area contributed by atoms with E-state index in [1.54, 1.807) is 0 Å². The molecule has 0 unspecified atom stereocenters. The van der Waals surface area contributed by atoms with Crippen LogP contribution in [0.3, 0.4) is 0 Å². The minimum Gasteiger partial charge on any atom is -0.288 e. The standard InChI is InChI=1S/C11H22N2/c1-6-8-12-11(7-2)10(5)13-9(3)4/h9H,6-8H2,1-5H3. The molecule has 76 valence electrons. The van der Waals surface area contributed by atoms with Gasteiger partial charge < -0.3 is 0 Å². The predicted molar refractivity (Wildman–Crippen MR) is 61.1 cm³/mol. The molecule has 0 aromatic carbocycles. The van der Waals surface area contributed by atoms with E-state index in [1.165, 1.54) is 0 Å². The molecule has 13 heavy (non-hydrogen) atoms. The van der Waals surface area contributed by atoms with Gasteiger partial charge >= 0.3 is 0 Å². The second-order valence-electron chi connectivity index (χ2n) is 3.49. The summed E-state index contributed by atoms with van der Waals surface area (Å²) in [6.07, 6.45) is 2.10. The average Bonchev–Trinajstić information content (AvgIpc) is 2.04. The van der Waals surface area contributed by atoms with Gasteiger partial charge in [-0.25, -0.2) is 0 Å². The molecule has 0 aliphatic carbocycles. The fraction of sp³-hybridized carbons (Fsp3) is 0.818. The maximum absolute atomic E-state index is 4.50. The van der Waals surface area contributed by atoms with E-state index in [0.29, 0.717) is 6.04 Å². The van der Waals surface area contributed by atoms with Crippen molar-refractivity contribution in [2.45, 2.75) is 53.5 Å². The summed E-state index contributed by atoms with van der Waals surface area (Å²) >= 11 is 0. The molecule has 0 bridgehead atoms. The summed E-state index contributed by atoms with van der Waals surface area (Å²) in [7, 11) is 0. The molecule has 0 aliphatic rings. The first-order valence-corrected chi connectivity index (χ1v) is 5.19. The molecule has 0 saturated heterocycles. The Bertz CT molecular complexity index is 190. The molecule has 0 saturated carbocycles. The van der Waals surface area contributed by atoms with E-state index in [-0.39, 0.29) is 0 Å². The first-order valence-electron chi connectivity index (χ1n) is 5.19. The molecule has 0 rings (SSSR count). The fourth-order valence-corrected chi connectivity index (χ4v) is 1.19. The Hall–Kier alpha value is -0.660. The zero-order valence-electron chi connectivity index (χ0n) is 9.59. The van der Waals surface area contributed by atoms with Crippen LogP contribution in [-0.4, -0.2) is 24.0 Å². The Kier molecular flexibility index (Phi) is 6.47. The molecule has 0 aromatic heterocycles. The second-order valence-corrected chi connectivity index (χ2v) is 3.49. The van der Waals surface area contributed by atoms with Crippen molar-refractivity contribution >= 4 is 11.4 Å². The van der Waals surface area contributed by atoms with E-state index in [2.05, 4.69) is 44.6 Å². The fourth-order valence-electron chi connectivity index (χ4n) is 1.19. The number of hydrogen-bond donors (Lipinski definition) is 0. The van der Waals surface area contributed by atoms with Crippen molar-refractivity contribution in [2.24, 2.45) is 9.98 Å². The Balaban J connectivity index is 4.39. The summed E-state index contributed by atoms with van der Waals surface area (Å²) in [5, 5.41) is 0. The van der Waals surface area contributed by atoms with Crippen LogP contribution in [0.15, 0.2) is 9.98 Å². The monoisotopic (exact) mass is 182 g/mol. The number of rotatable bonds is 5. The highest BCUT2D eigenvalue weighted by atomic mass is 14.8. The molecular weight excluding hydrogens is 160 g/mol. The molecule has 0 aliphatic heterocycles. The molecular formula is C11H22N2. The smallest absolute Gasteiger partial charge is 0.0552 e. The highest BCUT2D eigenvalue weighted by molar-refractivity contribution is 6.41. The van der Waals surface area contributed by atoms with Gasteiger partial charge in [0.25, 0.3) is 0 Å². The molecule has 0 amide bonds. The summed E-state index contributed by atoms with van der Waals surface area (Å²) in [6, 6.07) is 0.373. The normalized spacial score (nSPS) is 14.0. The molecule has 2 nitrogen and oxygen atoms in total. The van der Waals surface area contributed by atoms with E-state index in [9.17, 15) is 0 Å². The second kappa shape index (κ2) is 6.81. The Labute approximate surface area is 82.2 Å². The zero-order valence-corrected chi connectivity index (χ0v) is 9.59. The van der Waals surface area contributed by atoms with Crippen LogP contribution < -0.4 is 0 Å². The van der Waals surface area contributed by atoms with Gasteiger partial charge in [-0.2, -0.15) is 0 Å². The molecule has 0 spiro atoms. The summed E-state index contributed by atoms with van der Waals surface area (Å²) < 4.78 is 0. The molecule has 0 N–H and O–H groups in total. The Morgan fingerprint density at radius 1 is 1.23 bits per heavy atom. The third kappa shape index (κ3) is 5.56. The van der Waals surface area contributed by atoms with Gasteiger partial charge in [-0.15, -0.1) is 0 Å². The molecule has 2 heteroatoms. The topological polar surface area (TPSA) is 24.7 Å². The highest BCUT2D eigenvalue weighted by Gasteiger charge is 2.00. The van der Waals surface area contributed by atoms with Gasteiger partial charge in [-0.1, -0.05) is 13.8 Å². The zero-order chi connectivity index (χ0) is 10.3. The summed E-state index contributed by atoms with van der Waals surface area (Å²) in [5.74, 6) is 0. The molecule has 0 radical (unpaired) electrons. The first kappa shape index (κ1) is 12.3. The summed E-state index contributed by atoms with van der Waals surface area (Å²) in [4.78, 5) is 8.99. The first-order chi connectivity index (χ1) is 6.11.